The molecule has 1 aromatic heterocycles. The minimum atomic E-state index is -0.682. The number of halogens is 1. The Morgan fingerprint density at radius 3 is 2.74 bits per heavy atom. The summed E-state index contributed by atoms with van der Waals surface area (Å²) in [6.07, 6.45) is 6.38. The second-order valence-corrected chi connectivity index (χ2v) is 7.73. The third kappa shape index (κ3) is 3.03. The number of aliphatic hydroxyl groups is 1. The molecule has 142 valence electrons. The highest BCUT2D eigenvalue weighted by Crippen LogP contribution is 2.42. The Bertz CT molecular complexity index is 926. The van der Waals surface area contributed by atoms with Gasteiger partial charge in [-0.3, -0.25) is 4.79 Å². The van der Waals surface area contributed by atoms with Crippen molar-refractivity contribution in [1.82, 2.24) is 15.1 Å². The van der Waals surface area contributed by atoms with Crippen LogP contribution in [-0.2, 0) is 9.53 Å². The Morgan fingerprint density at radius 2 is 2.11 bits per heavy atom. The van der Waals surface area contributed by atoms with Gasteiger partial charge in [0.1, 0.15) is 5.76 Å². The second kappa shape index (κ2) is 6.69. The van der Waals surface area contributed by atoms with E-state index in [-0.39, 0.29) is 17.8 Å². The van der Waals surface area contributed by atoms with Crippen molar-refractivity contribution in [2.75, 3.05) is 7.11 Å². The molecule has 2 aromatic rings. The lowest BCUT2D eigenvalue weighted by Gasteiger charge is -2.36. The molecule has 1 saturated carbocycles. The van der Waals surface area contributed by atoms with Crippen LogP contribution in [-0.4, -0.2) is 39.5 Å². The lowest BCUT2D eigenvalue weighted by atomic mass is 9.79. The molecular formula is C20H22ClN3O3. The van der Waals surface area contributed by atoms with E-state index in [9.17, 15) is 9.90 Å². The lowest BCUT2D eigenvalue weighted by molar-refractivity contribution is -0.116. The van der Waals surface area contributed by atoms with Crippen LogP contribution in [0.3, 0.4) is 0 Å². The highest BCUT2D eigenvalue weighted by Gasteiger charge is 2.48. The Balaban J connectivity index is 1.75. The van der Waals surface area contributed by atoms with Gasteiger partial charge < -0.3 is 15.2 Å². The first-order valence-corrected chi connectivity index (χ1v) is 9.42. The molecule has 1 spiro atoms. The van der Waals surface area contributed by atoms with Gasteiger partial charge in [0.05, 0.1) is 34.1 Å². The molecule has 2 heterocycles. The molecule has 2 aliphatic rings. The van der Waals surface area contributed by atoms with Crippen molar-refractivity contribution in [1.29, 1.82) is 0 Å². The van der Waals surface area contributed by atoms with E-state index >= 15 is 0 Å². The summed E-state index contributed by atoms with van der Waals surface area (Å²) >= 11 is 5.97. The van der Waals surface area contributed by atoms with Gasteiger partial charge in [-0.1, -0.05) is 17.7 Å². The number of nitrogens with zero attached hydrogens (tertiary/aromatic N) is 2. The van der Waals surface area contributed by atoms with Gasteiger partial charge in [0.15, 0.2) is 0 Å². The van der Waals surface area contributed by atoms with Crippen LogP contribution < -0.4 is 5.32 Å². The summed E-state index contributed by atoms with van der Waals surface area (Å²) in [5.74, 6) is -0.0945. The minimum absolute atomic E-state index is 0.140. The zero-order chi connectivity index (χ0) is 19.2. The van der Waals surface area contributed by atoms with E-state index in [0.717, 1.165) is 24.1 Å². The van der Waals surface area contributed by atoms with Gasteiger partial charge >= 0.3 is 0 Å². The first kappa shape index (κ1) is 18.1. The topological polar surface area (TPSA) is 76.4 Å². The summed E-state index contributed by atoms with van der Waals surface area (Å²) < 4.78 is 7.07. The predicted molar refractivity (Wildman–Crippen MR) is 103 cm³/mol. The maximum atomic E-state index is 12.8. The van der Waals surface area contributed by atoms with E-state index < -0.39 is 5.54 Å². The highest BCUT2D eigenvalue weighted by molar-refractivity contribution is 6.30. The number of hydrogen-bond acceptors (Lipinski definition) is 4. The molecule has 6 nitrogen and oxygen atoms in total. The van der Waals surface area contributed by atoms with E-state index in [1.165, 1.54) is 0 Å². The summed E-state index contributed by atoms with van der Waals surface area (Å²) in [6, 6.07) is 5.69. The fourth-order valence-corrected chi connectivity index (χ4v) is 4.22. The number of hydrogen-bond donors (Lipinski definition) is 2. The van der Waals surface area contributed by atoms with E-state index in [2.05, 4.69) is 10.4 Å². The molecule has 4 rings (SSSR count). The molecule has 0 bridgehead atoms. The van der Waals surface area contributed by atoms with Gasteiger partial charge in [-0.15, -0.1) is 0 Å². The Kier molecular flexibility index (Phi) is 4.48. The van der Waals surface area contributed by atoms with E-state index in [0.29, 0.717) is 29.0 Å². The number of aryl methyl sites for hydroxylation is 1. The molecule has 0 saturated heterocycles. The average Bonchev–Trinajstić information content (AvgIpc) is 3.19. The largest absolute Gasteiger partial charge is 0.509 e. The van der Waals surface area contributed by atoms with Gasteiger partial charge in [-0.05, 0) is 55.9 Å². The summed E-state index contributed by atoms with van der Waals surface area (Å²) in [5, 5.41) is 18.8. The minimum Gasteiger partial charge on any atom is -0.509 e. The first-order chi connectivity index (χ1) is 12.9. The molecule has 1 aliphatic carbocycles. The third-order valence-corrected chi connectivity index (χ3v) is 5.89. The summed E-state index contributed by atoms with van der Waals surface area (Å²) in [7, 11) is 1.70. The number of rotatable bonds is 3. The number of amides is 1. The summed E-state index contributed by atoms with van der Waals surface area (Å²) in [6.45, 7) is 1.93. The molecule has 0 unspecified atom stereocenters. The molecular weight excluding hydrogens is 366 g/mol. The number of carbonyl (C=O) groups excluding carboxylic acids is 1. The second-order valence-electron chi connectivity index (χ2n) is 7.30. The number of aliphatic hydroxyl groups excluding tert-OH is 1. The quantitative estimate of drug-likeness (QED) is 0.844. The standard InChI is InChI=1S/C20H22ClN3O3/c1-12-3-4-14(24-11-13(21)10-22-24)9-16(12)17-18(25)20(23-19(17)26)7-5-15(27-2)6-8-20/h3-4,9-11,15,25H,5-8H2,1-2H3,(H,23,26). The van der Waals surface area contributed by atoms with Crippen molar-refractivity contribution in [2.45, 2.75) is 44.2 Å². The van der Waals surface area contributed by atoms with Crippen LogP contribution >= 0.6 is 11.6 Å². The van der Waals surface area contributed by atoms with Crippen molar-refractivity contribution in [3.63, 3.8) is 0 Å². The number of nitrogens with one attached hydrogen (secondary N) is 1. The fraction of sp³-hybridized carbons (Fsp3) is 0.400. The van der Waals surface area contributed by atoms with Crippen molar-refractivity contribution in [3.8, 4) is 5.69 Å². The molecule has 0 radical (unpaired) electrons. The number of methoxy groups -OCH3 is 1. The molecule has 7 heteroatoms. The van der Waals surface area contributed by atoms with E-state index in [4.69, 9.17) is 16.3 Å². The maximum Gasteiger partial charge on any atom is 0.256 e. The SMILES string of the molecule is COC1CCC2(CC1)NC(=O)C(c1cc(-n3cc(Cl)cn3)ccc1C)=C2O. The molecule has 1 fully saturated rings. The van der Waals surface area contributed by atoms with Crippen molar-refractivity contribution in [2.24, 2.45) is 0 Å². The van der Waals surface area contributed by atoms with Crippen molar-refractivity contribution >= 4 is 23.1 Å². The lowest BCUT2D eigenvalue weighted by Crippen LogP contribution is -2.48. The van der Waals surface area contributed by atoms with E-state index in [1.807, 2.05) is 25.1 Å². The van der Waals surface area contributed by atoms with Gasteiger partial charge in [0.2, 0.25) is 0 Å². The fourth-order valence-electron chi connectivity index (χ4n) is 4.08. The van der Waals surface area contributed by atoms with Crippen LogP contribution in [0.1, 0.15) is 36.8 Å². The van der Waals surface area contributed by atoms with Crippen LogP contribution in [0.4, 0.5) is 0 Å². The zero-order valence-electron chi connectivity index (χ0n) is 15.3. The average molecular weight is 388 g/mol. The molecule has 1 aromatic carbocycles. The Hall–Kier alpha value is -2.31. The first-order valence-electron chi connectivity index (χ1n) is 9.04. The monoisotopic (exact) mass is 387 g/mol. The summed E-state index contributed by atoms with van der Waals surface area (Å²) in [4.78, 5) is 12.8. The predicted octanol–water partition coefficient (Wildman–Crippen LogP) is 3.56. The number of carbonyl (C=O) groups is 1. The van der Waals surface area contributed by atoms with Crippen molar-refractivity contribution in [3.05, 3.63) is 52.5 Å². The number of benzene rings is 1. The number of aromatic nitrogens is 2. The molecule has 27 heavy (non-hydrogen) atoms. The highest BCUT2D eigenvalue weighted by atomic mass is 35.5. The molecule has 0 atom stereocenters. The van der Waals surface area contributed by atoms with Crippen LogP contribution in [0.15, 0.2) is 36.4 Å². The summed E-state index contributed by atoms with van der Waals surface area (Å²) in [5.41, 5.74) is 2.07. The van der Waals surface area contributed by atoms with E-state index in [1.54, 1.807) is 24.2 Å². The smallest absolute Gasteiger partial charge is 0.256 e. The van der Waals surface area contributed by atoms with Crippen LogP contribution in [0, 0.1) is 6.92 Å². The van der Waals surface area contributed by atoms with Crippen molar-refractivity contribution < 1.29 is 14.6 Å². The Labute approximate surface area is 162 Å². The van der Waals surface area contributed by atoms with Gasteiger partial charge in [-0.2, -0.15) is 5.10 Å². The Morgan fingerprint density at radius 1 is 1.37 bits per heavy atom. The molecule has 1 amide bonds. The zero-order valence-corrected chi connectivity index (χ0v) is 16.1. The van der Waals surface area contributed by atoms with Gasteiger partial charge in [0, 0.05) is 13.3 Å². The molecule has 1 aliphatic heterocycles. The van der Waals surface area contributed by atoms with Crippen LogP contribution in [0.2, 0.25) is 5.02 Å². The van der Waals surface area contributed by atoms with Gasteiger partial charge in [-0.25, -0.2) is 4.68 Å². The van der Waals surface area contributed by atoms with Gasteiger partial charge in [0.25, 0.3) is 5.91 Å². The van der Waals surface area contributed by atoms with Crippen LogP contribution in [0.5, 0.6) is 0 Å². The maximum absolute atomic E-state index is 12.8. The molecule has 2 N–H and O–H groups in total. The number of ether oxygens (including phenoxy) is 1. The van der Waals surface area contributed by atoms with Crippen LogP contribution in [0.25, 0.3) is 11.3 Å². The third-order valence-electron chi connectivity index (χ3n) is 5.70. The normalized spacial score (nSPS) is 25.3.